The Morgan fingerprint density at radius 1 is 1.53 bits per heavy atom. The molecule has 2 N–H and O–H groups in total. The van der Waals surface area contributed by atoms with Crippen molar-refractivity contribution in [2.45, 2.75) is 32.7 Å². The van der Waals surface area contributed by atoms with Crippen LogP contribution in [0.15, 0.2) is 12.4 Å². The van der Waals surface area contributed by atoms with E-state index in [1.165, 1.54) is 12.4 Å². The van der Waals surface area contributed by atoms with Crippen LogP contribution in [-0.4, -0.2) is 33.2 Å². The molecule has 0 aliphatic rings. The van der Waals surface area contributed by atoms with Gasteiger partial charge in [-0.3, -0.25) is 4.98 Å². The average Bonchev–Trinajstić information content (AvgIpc) is 2.26. The molecule has 0 saturated carbocycles. The summed E-state index contributed by atoms with van der Waals surface area (Å²) in [5, 5.41) is 11.8. The van der Waals surface area contributed by atoms with Crippen LogP contribution in [0.2, 0.25) is 0 Å². The van der Waals surface area contributed by atoms with Gasteiger partial charge in [0, 0.05) is 0 Å². The molecule has 0 aliphatic carbocycles. The number of rotatable bonds is 6. The van der Waals surface area contributed by atoms with Crippen molar-refractivity contribution < 1.29 is 14.6 Å². The molecule has 0 aliphatic heterocycles. The first kappa shape index (κ1) is 13.2. The monoisotopic (exact) mass is 239 g/mol. The number of aliphatic carboxylic acids is 1. The summed E-state index contributed by atoms with van der Waals surface area (Å²) in [7, 11) is 0. The van der Waals surface area contributed by atoms with E-state index in [2.05, 4.69) is 15.3 Å². The third kappa shape index (κ3) is 3.90. The minimum absolute atomic E-state index is 0.381. The number of hydrogen-bond acceptors (Lipinski definition) is 5. The Labute approximate surface area is 100 Å². The summed E-state index contributed by atoms with van der Waals surface area (Å²) in [5.74, 6) is -0.191. The molecule has 0 saturated heterocycles. The number of carboxylic acid groups (broad SMARTS) is 1. The lowest BCUT2D eigenvalue weighted by atomic mass is 10.1. The fourth-order valence-electron chi connectivity index (χ4n) is 1.06. The quantitative estimate of drug-likeness (QED) is 0.783. The topological polar surface area (TPSA) is 84.3 Å². The zero-order chi connectivity index (χ0) is 12.9. The summed E-state index contributed by atoms with van der Waals surface area (Å²) in [6, 6.07) is 0. The Morgan fingerprint density at radius 2 is 2.24 bits per heavy atom. The minimum atomic E-state index is -1.10. The van der Waals surface area contributed by atoms with Crippen LogP contribution in [-0.2, 0) is 4.79 Å². The van der Waals surface area contributed by atoms with Gasteiger partial charge < -0.3 is 15.2 Å². The zero-order valence-electron chi connectivity index (χ0n) is 10.2. The van der Waals surface area contributed by atoms with Gasteiger partial charge in [-0.05, 0) is 20.3 Å². The second-order valence-electron chi connectivity index (χ2n) is 4.15. The molecule has 0 bridgehead atoms. The highest BCUT2D eigenvalue weighted by atomic mass is 16.5. The number of carboxylic acids is 1. The van der Waals surface area contributed by atoms with E-state index in [4.69, 9.17) is 9.84 Å². The van der Waals surface area contributed by atoms with Crippen LogP contribution in [0.25, 0.3) is 0 Å². The van der Waals surface area contributed by atoms with Crippen molar-refractivity contribution in [1.82, 2.24) is 9.97 Å². The highest BCUT2D eigenvalue weighted by molar-refractivity contribution is 5.81. The molecular formula is C11H17N3O3. The van der Waals surface area contributed by atoms with Crippen molar-refractivity contribution in [3.8, 4) is 5.88 Å². The molecule has 0 aromatic carbocycles. The van der Waals surface area contributed by atoms with Crippen LogP contribution in [0.4, 0.5) is 5.82 Å². The van der Waals surface area contributed by atoms with Gasteiger partial charge in [0.2, 0.25) is 5.88 Å². The molecule has 0 spiro atoms. The van der Waals surface area contributed by atoms with Gasteiger partial charge in [-0.25, -0.2) is 4.79 Å². The van der Waals surface area contributed by atoms with Crippen LogP contribution >= 0.6 is 0 Å². The van der Waals surface area contributed by atoms with Gasteiger partial charge in [0.1, 0.15) is 11.4 Å². The lowest BCUT2D eigenvalue weighted by Gasteiger charge is -2.21. The van der Waals surface area contributed by atoms with Gasteiger partial charge in [0.05, 0.1) is 19.0 Å². The van der Waals surface area contributed by atoms with E-state index in [0.29, 0.717) is 18.3 Å². The summed E-state index contributed by atoms with van der Waals surface area (Å²) < 4.78 is 5.31. The maximum absolute atomic E-state index is 10.9. The SMILES string of the molecule is CCCOc1cncc(NC(C)(C)C(=O)O)n1. The fourth-order valence-corrected chi connectivity index (χ4v) is 1.06. The predicted octanol–water partition coefficient (Wildman–Crippen LogP) is 1.54. The van der Waals surface area contributed by atoms with Crippen LogP contribution < -0.4 is 10.1 Å². The summed E-state index contributed by atoms with van der Waals surface area (Å²) in [4.78, 5) is 19.0. The third-order valence-corrected chi connectivity index (χ3v) is 2.04. The summed E-state index contributed by atoms with van der Waals surface area (Å²) >= 11 is 0. The van der Waals surface area contributed by atoms with E-state index in [0.717, 1.165) is 6.42 Å². The first-order valence-corrected chi connectivity index (χ1v) is 5.42. The van der Waals surface area contributed by atoms with Gasteiger partial charge in [0.15, 0.2) is 0 Å². The van der Waals surface area contributed by atoms with Gasteiger partial charge in [-0.2, -0.15) is 4.98 Å². The molecule has 0 amide bonds. The number of anilines is 1. The van der Waals surface area contributed by atoms with Crippen molar-refractivity contribution in [3.05, 3.63) is 12.4 Å². The summed E-state index contributed by atoms with van der Waals surface area (Å²) in [6.45, 7) is 5.65. The number of carbonyl (C=O) groups is 1. The van der Waals surface area contributed by atoms with Crippen LogP contribution in [0.1, 0.15) is 27.2 Å². The van der Waals surface area contributed by atoms with Crippen LogP contribution in [0.3, 0.4) is 0 Å². The molecule has 1 aromatic heterocycles. The van der Waals surface area contributed by atoms with Crippen molar-refractivity contribution in [2.75, 3.05) is 11.9 Å². The van der Waals surface area contributed by atoms with Crippen LogP contribution in [0, 0.1) is 0 Å². The van der Waals surface area contributed by atoms with Crippen molar-refractivity contribution in [1.29, 1.82) is 0 Å². The molecule has 0 unspecified atom stereocenters. The van der Waals surface area contributed by atoms with E-state index < -0.39 is 11.5 Å². The number of nitrogens with zero attached hydrogens (tertiary/aromatic N) is 2. The summed E-state index contributed by atoms with van der Waals surface area (Å²) in [5.41, 5.74) is -1.10. The lowest BCUT2D eigenvalue weighted by Crippen LogP contribution is -2.40. The highest BCUT2D eigenvalue weighted by Gasteiger charge is 2.27. The van der Waals surface area contributed by atoms with Gasteiger partial charge in [0.25, 0.3) is 0 Å². The molecule has 0 atom stereocenters. The van der Waals surface area contributed by atoms with E-state index >= 15 is 0 Å². The molecule has 0 fully saturated rings. The molecule has 1 rings (SSSR count). The molecule has 6 nitrogen and oxygen atoms in total. The van der Waals surface area contributed by atoms with Crippen LogP contribution in [0.5, 0.6) is 5.88 Å². The average molecular weight is 239 g/mol. The first-order valence-electron chi connectivity index (χ1n) is 5.42. The Kier molecular flexibility index (Phi) is 4.25. The molecule has 17 heavy (non-hydrogen) atoms. The first-order chi connectivity index (χ1) is 7.95. The van der Waals surface area contributed by atoms with Gasteiger partial charge >= 0.3 is 5.97 Å². The molecule has 1 aromatic rings. The number of hydrogen-bond donors (Lipinski definition) is 2. The Hall–Kier alpha value is -1.85. The molecule has 0 radical (unpaired) electrons. The molecule has 94 valence electrons. The normalized spacial score (nSPS) is 11.0. The maximum atomic E-state index is 10.9. The maximum Gasteiger partial charge on any atom is 0.328 e. The van der Waals surface area contributed by atoms with Gasteiger partial charge in [-0.1, -0.05) is 6.92 Å². The van der Waals surface area contributed by atoms with E-state index in [1.807, 2.05) is 6.92 Å². The van der Waals surface area contributed by atoms with Crippen molar-refractivity contribution in [2.24, 2.45) is 0 Å². The molecule has 6 heteroatoms. The molecular weight excluding hydrogens is 222 g/mol. The van der Waals surface area contributed by atoms with E-state index in [9.17, 15) is 4.79 Å². The van der Waals surface area contributed by atoms with Crippen molar-refractivity contribution in [3.63, 3.8) is 0 Å². The Bertz CT molecular complexity index is 393. The van der Waals surface area contributed by atoms with Crippen molar-refractivity contribution >= 4 is 11.8 Å². The zero-order valence-corrected chi connectivity index (χ0v) is 10.2. The third-order valence-electron chi connectivity index (χ3n) is 2.04. The second kappa shape index (κ2) is 5.47. The Morgan fingerprint density at radius 3 is 2.82 bits per heavy atom. The largest absolute Gasteiger partial charge is 0.480 e. The number of nitrogens with one attached hydrogen (secondary N) is 1. The Balaban J connectivity index is 2.75. The lowest BCUT2D eigenvalue weighted by molar-refractivity contribution is -0.141. The summed E-state index contributed by atoms with van der Waals surface area (Å²) in [6.07, 6.45) is 3.83. The fraction of sp³-hybridized carbons (Fsp3) is 0.545. The van der Waals surface area contributed by atoms with Gasteiger partial charge in [-0.15, -0.1) is 0 Å². The highest BCUT2D eigenvalue weighted by Crippen LogP contribution is 2.15. The predicted molar refractivity (Wildman–Crippen MR) is 63.2 cm³/mol. The number of aromatic nitrogens is 2. The minimum Gasteiger partial charge on any atom is -0.480 e. The van der Waals surface area contributed by atoms with E-state index in [-0.39, 0.29) is 0 Å². The van der Waals surface area contributed by atoms with E-state index in [1.54, 1.807) is 13.8 Å². The number of ether oxygens (including phenoxy) is 1. The smallest absolute Gasteiger partial charge is 0.328 e. The molecule has 1 heterocycles. The second-order valence-corrected chi connectivity index (χ2v) is 4.15. The standard InChI is InChI=1S/C11H17N3O3/c1-4-5-17-9-7-12-6-8(13-9)14-11(2,3)10(15)16/h6-7H,4-5H2,1-3H3,(H,13,14)(H,15,16).